The van der Waals surface area contributed by atoms with Crippen molar-refractivity contribution in [2.45, 2.75) is 33.0 Å². The number of ether oxygens (including phenoxy) is 4. The molecule has 0 radical (unpaired) electrons. The van der Waals surface area contributed by atoms with Gasteiger partial charge in [-0.15, -0.1) is 5.11 Å². The van der Waals surface area contributed by atoms with Crippen molar-refractivity contribution in [2.75, 3.05) is 20.7 Å². The third-order valence-electron chi connectivity index (χ3n) is 5.37. The number of nitrogens with zero attached hydrogens (tertiary/aromatic N) is 4. The van der Waals surface area contributed by atoms with E-state index in [0.717, 1.165) is 0 Å². The van der Waals surface area contributed by atoms with Crippen molar-refractivity contribution >= 4 is 35.1 Å². The molecule has 13 heteroatoms. The summed E-state index contributed by atoms with van der Waals surface area (Å²) in [6, 6.07) is 16.4. The van der Waals surface area contributed by atoms with Gasteiger partial charge in [-0.2, -0.15) is 5.11 Å². The Bertz CT molecular complexity index is 1460. The molecule has 0 bridgehead atoms. The Labute approximate surface area is 241 Å². The molecule has 0 aliphatic heterocycles. The van der Waals surface area contributed by atoms with Gasteiger partial charge in [-0.25, -0.2) is 4.79 Å². The molecule has 0 aliphatic carbocycles. The van der Waals surface area contributed by atoms with Crippen molar-refractivity contribution in [2.24, 2.45) is 10.2 Å². The number of benzene rings is 3. The second-order valence-corrected chi connectivity index (χ2v) is 9.89. The molecule has 0 N–H and O–H groups in total. The first kappa shape index (κ1) is 31.2. The highest BCUT2D eigenvalue weighted by Crippen LogP contribution is 2.30. The van der Waals surface area contributed by atoms with Gasteiger partial charge in [0.15, 0.2) is 0 Å². The second kappa shape index (κ2) is 13.8. The molecule has 1 amide bonds. The maximum absolute atomic E-state index is 12.8. The number of rotatable bonds is 10. The van der Waals surface area contributed by atoms with E-state index in [-0.39, 0.29) is 24.6 Å². The molecule has 42 heavy (non-hydrogen) atoms. The molecule has 0 heterocycles. The van der Waals surface area contributed by atoms with Crippen LogP contribution in [0.5, 0.6) is 11.5 Å². The highest BCUT2D eigenvalue weighted by atomic mass is 16.7. The van der Waals surface area contributed by atoms with Gasteiger partial charge in [0, 0.05) is 24.7 Å². The summed E-state index contributed by atoms with van der Waals surface area (Å²) in [6.45, 7) is 4.97. The fourth-order valence-electron chi connectivity index (χ4n) is 3.43. The zero-order chi connectivity index (χ0) is 30.9. The maximum atomic E-state index is 12.8. The molecule has 0 unspecified atom stereocenters. The Morgan fingerprint density at radius 1 is 0.952 bits per heavy atom. The molecule has 0 atom stereocenters. The van der Waals surface area contributed by atoms with Crippen LogP contribution in [0.3, 0.4) is 0 Å². The van der Waals surface area contributed by atoms with Crippen LogP contribution in [0.4, 0.5) is 21.9 Å². The van der Waals surface area contributed by atoms with Crippen molar-refractivity contribution < 1.29 is 38.3 Å². The second-order valence-electron chi connectivity index (χ2n) is 9.89. The number of methoxy groups -OCH3 is 1. The number of hydrogen-bond acceptors (Lipinski definition) is 11. The summed E-state index contributed by atoms with van der Waals surface area (Å²) in [5, 5.41) is 19.1. The monoisotopic (exact) mass is 578 g/mol. The number of nitro benzene ring substituents is 1. The van der Waals surface area contributed by atoms with Gasteiger partial charge >= 0.3 is 12.1 Å². The van der Waals surface area contributed by atoms with E-state index in [4.69, 9.17) is 18.9 Å². The van der Waals surface area contributed by atoms with Crippen LogP contribution in [-0.4, -0.2) is 54.2 Å². The van der Waals surface area contributed by atoms with E-state index < -0.39 is 28.6 Å². The van der Waals surface area contributed by atoms with Crippen molar-refractivity contribution in [3.63, 3.8) is 0 Å². The molecule has 3 rings (SSSR count). The number of azo groups is 1. The van der Waals surface area contributed by atoms with E-state index in [2.05, 4.69) is 10.2 Å². The SMILES string of the molecule is COc1cc(C(=O)N(C)CC(=O)OC(C)(C)C)ccc1N=Nc1ccc(COC(=O)Oc2ccc([N+](=O)[O-])cc2)cc1. The number of non-ortho nitro benzene ring substituents is 1. The van der Waals surface area contributed by atoms with Gasteiger partial charge in [-0.05, 0) is 68.8 Å². The van der Waals surface area contributed by atoms with Crippen LogP contribution in [0.1, 0.15) is 36.7 Å². The molecule has 3 aromatic carbocycles. The van der Waals surface area contributed by atoms with Gasteiger partial charge in [0.25, 0.3) is 11.6 Å². The van der Waals surface area contributed by atoms with E-state index >= 15 is 0 Å². The Morgan fingerprint density at radius 3 is 2.21 bits per heavy atom. The topological polar surface area (TPSA) is 159 Å². The molecule has 3 aromatic rings. The van der Waals surface area contributed by atoms with Crippen molar-refractivity contribution in [1.82, 2.24) is 4.90 Å². The summed E-state index contributed by atoms with van der Waals surface area (Å²) in [5.74, 6) is -0.485. The van der Waals surface area contributed by atoms with Crippen LogP contribution in [0, 0.1) is 10.1 Å². The molecule has 0 spiro atoms. The van der Waals surface area contributed by atoms with Crippen molar-refractivity contribution in [3.8, 4) is 11.5 Å². The number of likely N-dealkylation sites (N-methyl/N-ethyl adjacent to an activating group) is 1. The van der Waals surface area contributed by atoms with E-state index in [1.54, 1.807) is 57.2 Å². The molecular formula is C29H30N4O9. The molecule has 0 aliphatic rings. The summed E-state index contributed by atoms with van der Waals surface area (Å²) < 4.78 is 20.7. The third kappa shape index (κ3) is 9.40. The Balaban J connectivity index is 1.56. The normalized spacial score (nSPS) is 11.1. The summed E-state index contributed by atoms with van der Waals surface area (Å²) in [6.07, 6.45) is -0.960. The lowest BCUT2D eigenvalue weighted by molar-refractivity contribution is -0.384. The number of esters is 1. The summed E-state index contributed by atoms with van der Waals surface area (Å²) in [4.78, 5) is 48.2. The van der Waals surface area contributed by atoms with Gasteiger partial charge in [-0.1, -0.05) is 12.1 Å². The molecule has 220 valence electrons. The Hall–Kier alpha value is -5.33. The van der Waals surface area contributed by atoms with Crippen LogP contribution in [0.25, 0.3) is 0 Å². The number of carbonyl (C=O) groups excluding carboxylic acids is 3. The van der Waals surface area contributed by atoms with Gasteiger partial charge in [0.1, 0.15) is 35.9 Å². The lowest BCUT2D eigenvalue weighted by atomic mass is 10.1. The number of carbonyl (C=O) groups is 3. The molecule has 13 nitrogen and oxygen atoms in total. The van der Waals surface area contributed by atoms with Gasteiger partial charge in [0.05, 0.1) is 17.7 Å². The summed E-state index contributed by atoms with van der Waals surface area (Å²) >= 11 is 0. The molecule has 0 saturated carbocycles. The molecular weight excluding hydrogens is 548 g/mol. The van der Waals surface area contributed by atoms with Crippen LogP contribution in [0.15, 0.2) is 77.0 Å². The zero-order valence-corrected chi connectivity index (χ0v) is 23.7. The predicted octanol–water partition coefficient (Wildman–Crippen LogP) is 6.15. The van der Waals surface area contributed by atoms with Gasteiger partial charge in [-0.3, -0.25) is 19.7 Å². The smallest absolute Gasteiger partial charge is 0.494 e. The highest BCUT2D eigenvalue weighted by molar-refractivity contribution is 5.96. The minimum atomic E-state index is -0.960. The molecule has 0 saturated heterocycles. The fraction of sp³-hybridized carbons (Fsp3) is 0.276. The summed E-state index contributed by atoms with van der Waals surface area (Å²) in [7, 11) is 2.94. The highest BCUT2D eigenvalue weighted by Gasteiger charge is 2.21. The first-order chi connectivity index (χ1) is 19.8. The zero-order valence-electron chi connectivity index (χ0n) is 23.7. The Kier molecular flexibility index (Phi) is 10.3. The number of nitro groups is 1. The van der Waals surface area contributed by atoms with Crippen molar-refractivity contribution in [1.29, 1.82) is 0 Å². The number of hydrogen-bond donors (Lipinski definition) is 0. The van der Waals surface area contributed by atoms with E-state index in [1.165, 1.54) is 49.4 Å². The largest absolute Gasteiger partial charge is 0.514 e. The molecule has 0 fully saturated rings. The lowest BCUT2D eigenvalue weighted by Gasteiger charge is -2.22. The minimum Gasteiger partial charge on any atom is -0.494 e. The van der Waals surface area contributed by atoms with Gasteiger partial charge < -0.3 is 23.8 Å². The maximum Gasteiger partial charge on any atom is 0.514 e. The quantitative estimate of drug-likeness (QED) is 0.0904. The number of amides is 1. The predicted molar refractivity (Wildman–Crippen MR) is 150 cm³/mol. The average Bonchev–Trinajstić information content (AvgIpc) is 2.94. The first-order valence-electron chi connectivity index (χ1n) is 12.6. The van der Waals surface area contributed by atoms with Gasteiger partial charge in [0.2, 0.25) is 0 Å². The average molecular weight is 579 g/mol. The van der Waals surface area contributed by atoms with E-state index in [9.17, 15) is 24.5 Å². The Morgan fingerprint density at radius 2 is 1.62 bits per heavy atom. The standard InChI is InChI=1S/C29H30N4O9/c1-29(2,3)42-26(34)17-32(4)27(35)20-8-15-24(25(16-20)39-5)31-30-21-9-6-19(7-10-21)18-40-28(36)41-23-13-11-22(12-14-23)33(37)38/h6-16H,17-18H2,1-5H3. The lowest BCUT2D eigenvalue weighted by Crippen LogP contribution is -2.36. The third-order valence-corrected chi connectivity index (χ3v) is 5.37. The van der Waals surface area contributed by atoms with E-state index in [1.807, 2.05) is 0 Å². The fourth-order valence-corrected chi connectivity index (χ4v) is 3.43. The van der Waals surface area contributed by atoms with Crippen molar-refractivity contribution in [3.05, 3.63) is 88.0 Å². The first-order valence-corrected chi connectivity index (χ1v) is 12.6. The van der Waals surface area contributed by atoms with Crippen LogP contribution in [0.2, 0.25) is 0 Å². The summed E-state index contributed by atoms with van der Waals surface area (Å²) in [5.41, 5.74) is 1.06. The molecule has 0 aromatic heterocycles. The van der Waals surface area contributed by atoms with Crippen LogP contribution >= 0.6 is 0 Å². The van der Waals surface area contributed by atoms with Crippen LogP contribution < -0.4 is 9.47 Å². The minimum absolute atomic E-state index is 0.0745. The van der Waals surface area contributed by atoms with Crippen LogP contribution in [-0.2, 0) is 20.9 Å². The van der Waals surface area contributed by atoms with E-state index in [0.29, 0.717) is 28.3 Å².